The molecule has 90 valence electrons. The summed E-state index contributed by atoms with van der Waals surface area (Å²) < 4.78 is 0. The molecule has 0 spiro atoms. The smallest absolute Gasteiger partial charge is 0.220 e. The molecule has 0 heterocycles. The molecule has 0 aliphatic carbocycles. The number of hydrogen-bond acceptors (Lipinski definition) is 3. The molecule has 0 aliphatic rings. The number of nitrogens with one attached hydrogen (secondary N) is 1. The molecule has 15 heavy (non-hydrogen) atoms. The van der Waals surface area contributed by atoms with Gasteiger partial charge in [0.2, 0.25) is 5.91 Å². The number of rotatable bonds is 8. The molecule has 1 amide bonds. The Hall–Kier alpha value is -0.610. The first-order chi connectivity index (χ1) is 7.10. The lowest BCUT2D eigenvalue weighted by Crippen LogP contribution is -2.30. The van der Waals surface area contributed by atoms with Gasteiger partial charge >= 0.3 is 0 Å². The molecule has 0 aromatic carbocycles. The Bertz CT molecular complexity index is 172. The summed E-state index contributed by atoms with van der Waals surface area (Å²) in [6.07, 6.45) is 3.01. The predicted molar refractivity (Wildman–Crippen MR) is 61.4 cm³/mol. The van der Waals surface area contributed by atoms with Crippen molar-refractivity contribution in [2.45, 2.75) is 45.6 Å². The molecule has 0 radical (unpaired) electrons. The zero-order valence-corrected chi connectivity index (χ0v) is 9.83. The third kappa shape index (κ3) is 8.39. The van der Waals surface area contributed by atoms with Crippen LogP contribution in [0.4, 0.5) is 0 Å². The molecular formula is C11H24N2O2. The molecule has 1 unspecified atom stereocenters. The molecule has 0 aromatic heterocycles. The van der Waals surface area contributed by atoms with Gasteiger partial charge in [-0.15, -0.1) is 0 Å². The first-order valence-electron chi connectivity index (χ1n) is 5.75. The van der Waals surface area contributed by atoms with Crippen molar-refractivity contribution in [3.05, 3.63) is 0 Å². The number of nitrogens with two attached hydrogens (primary N) is 1. The lowest BCUT2D eigenvalue weighted by atomic mass is 9.96. The van der Waals surface area contributed by atoms with Gasteiger partial charge in [-0.2, -0.15) is 0 Å². The molecule has 4 heteroatoms. The average molecular weight is 216 g/mol. The second-order valence-corrected chi connectivity index (χ2v) is 4.04. The molecule has 0 rings (SSSR count). The van der Waals surface area contributed by atoms with Gasteiger partial charge in [0.25, 0.3) is 0 Å². The van der Waals surface area contributed by atoms with Crippen molar-refractivity contribution in [3.63, 3.8) is 0 Å². The van der Waals surface area contributed by atoms with Crippen LogP contribution >= 0.6 is 0 Å². The number of carbonyl (C=O) groups is 1. The monoisotopic (exact) mass is 216 g/mol. The van der Waals surface area contributed by atoms with Gasteiger partial charge in [-0.25, -0.2) is 0 Å². The van der Waals surface area contributed by atoms with E-state index >= 15 is 0 Å². The minimum atomic E-state index is -0.472. The summed E-state index contributed by atoms with van der Waals surface area (Å²) >= 11 is 0. The molecule has 0 aromatic rings. The van der Waals surface area contributed by atoms with Crippen molar-refractivity contribution in [1.82, 2.24) is 5.32 Å². The van der Waals surface area contributed by atoms with Crippen LogP contribution in [0, 0.1) is 5.92 Å². The Kier molecular flexibility index (Phi) is 8.33. The minimum absolute atomic E-state index is 0.0198. The molecule has 0 aliphatic heterocycles. The highest BCUT2D eigenvalue weighted by Gasteiger charge is 2.09. The summed E-state index contributed by atoms with van der Waals surface area (Å²) in [7, 11) is 0. The van der Waals surface area contributed by atoms with E-state index in [0.29, 0.717) is 25.4 Å². The zero-order chi connectivity index (χ0) is 11.7. The molecule has 0 saturated heterocycles. The van der Waals surface area contributed by atoms with Crippen LogP contribution in [0.25, 0.3) is 0 Å². The lowest BCUT2D eigenvalue weighted by molar-refractivity contribution is -0.121. The molecule has 2 atom stereocenters. The van der Waals surface area contributed by atoms with Crippen molar-refractivity contribution < 1.29 is 9.90 Å². The first-order valence-corrected chi connectivity index (χ1v) is 5.75. The largest absolute Gasteiger partial charge is 0.392 e. The molecule has 0 bridgehead atoms. The van der Waals surface area contributed by atoms with Gasteiger partial charge in [-0.1, -0.05) is 13.3 Å². The normalized spacial score (nSPS) is 14.7. The quantitative estimate of drug-likeness (QED) is 0.557. The lowest BCUT2D eigenvalue weighted by Gasteiger charge is -2.13. The Labute approximate surface area is 92.2 Å². The van der Waals surface area contributed by atoms with Crippen LogP contribution in [0.5, 0.6) is 0 Å². The Morgan fingerprint density at radius 3 is 2.60 bits per heavy atom. The third-order valence-corrected chi connectivity index (χ3v) is 2.53. The second kappa shape index (κ2) is 8.68. The van der Waals surface area contributed by atoms with Crippen molar-refractivity contribution in [3.8, 4) is 0 Å². The number of aliphatic hydroxyl groups excluding tert-OH is 1. The second-order valence-electron chi connectivity index (χ2n) is 4.04. The molecular weight excluding hydrogens is 192 g/mol. The van der Waals surface area contributed by atoms with Gasteiger partial charge in [0.05, 0.1) is 6.10 Å². The van der Waals surface area contributed by atoms with E-state index in [1.54, 1.807) is 6.92 Å². The third-order valence-electron chi connectivity index (χ3n) is 2.53. The maximum absolute atomic E-state index is 11.3. The summed E-state index contributed by atoms with van der Waals surface area (Å²) in [4.78, 5) is 11.3. The van der Waals surface area contributed by atoms with Crippen LogP contribution < -0.4 is 11.1 Å². The standard InChI is InChI=1S/C11H24N2O2/c1-3-10(6-7-12)4-5-11(15)13-8-9(2)14/h9-10,14H,3-8,12H2,1-2H3,(H,13,15)/t9-,10?/m1/s1. The Balaban J connectivity index is 3.59. The molecule has 0 saturated carbocycles. The van der Waals surface area contributed by atoms with Gasteiger partial charge in [0, 0.05) is 13.0 Å². The summed E-state index contributed by atoms with van der Waals surface area (Å²) in [5.74, 6) is 0.568. The van der Waals surface area contributed by atoms with E-state index in [1.807, 2.05) is 0 Å². The van der Waals surface area contributed by atoms with Crippen LogP contribution in [0.1, 0.15) is 39.5 Å². The summed E-state index contributed by atoms with van der Waals surface area (Å²) in [5, 5.41) is 11.7. The fourth-order valence-electron chi connectivity index (χ4n) is 1.47. The van der Waals surface area contributed by atoms with E-state index in [9.17, 15) is 4.79 Å². The van der Waals surface area contributed by atoms with Crippen molar-refractivity contribution >= 4 is 5.91 Å². The van der Waals surface area contributed by atoms with Gasteiger partial charge in [-0.05, 0) is 32.2 Å². The van der Waals surface area contributed by atoms with Crippen LogP contribution in [0.3, 0.4) is 0 Å². The fraction of sp³-hybridized carbons (Fsp3) is 0.909. The Morgan fingerprint density at radius 2 is 2.13 bits per heavy atom. The van der Waals surface area contributed by atoms with Crippen LogP contribution in [0.2, 0.25) is 0 Å². The van der Waals surface area contributed by atoms with Crippen LogP contribution in [-0.4, -0.2) is 30.2 Å². The Morgan fingerprint density at radius 1 is 1.47 bits per heavy atom. The number of carbonyl (C=O) groups excluding carboxylic acids is 1. The SMILES string of the molecule is CCC(CCN)CCC(=O)NC[C@@H](C)O. The van der Waals surface area contributed by atoms with E-state index in [1.165, 1.54) is 0 Å². The van der Waals surface area contributed by atoms with Gasteiger partial charge in [0.1, 0.15) is 0 Å². The highest BCUT2D eigenvalue weighted by atomic mass is 16.3. The maximum atomic E-state index is 11.3. The predicted octanol–water partition coefficient (Wildman–Crippen LogP) is 0.639. The average Bonchev–Trinajstić information content (AvgIpc) is 2.21. The van der Waals surface area contributed by atoms with Crippen molar-refractivity contribution in [2.24, 2.45) is 11.7 Å². The van der Waals surface area contributed by atoms with Gasteiger partial charge in [0.15, 0.2) is 0 Å². The first kappa shape index (κ1) is 14.4. The summed E-state index contributed by atoms with van der Waals surface area (Å²) in [5.41, 5.74) is 5.48. The highest BCUT2D eigenvalue weighted by molar-refractivity contribution is 5.75. The van der Waals surface area contributed by atoms with E-state index in [0.717, 1.165) is 19.3 Å². The summed E-state index contributed by atoms with van der Waals surface area (Å²) in [6, 6.07) is 0. The van der Waals surface area contributed by atoms with E-state index < -0.39 is 6.10 Å². The van der Waals surface area contributed by atoms with Crippen molar-refractivity contribution in [1.29, 1.82) is 0 Å². The number of aliphatic hydroxyl groups is 1. The van der Waals surface area contributed by atoms with Crippen LogP contribution in [-0.2, 0) is 4.79 Å². The van der Waals surface area contributed by atoms with Crippen molar-refractivity contribution in [2.75, 3.05) is 13.1 Å². The van der Waals surface area contributed by atoms with E-state index in [2.05, 4.69) is 12.2 Å². The molecule has 0 fully saturated rings. The van der Waals surface area contributed by atoms with E-state index in [-0.39, 0.29) is 5.91 Å². The topological polar surface area (TPSA) is 75.4 Å². The summed E-state index contributed by atoms with van der Waals surface area (Å²) in [6.45, 7) is 4.80. The zero-order valence-electron chi connectivity index (χ0n) is 9.83. The molecule has 4 N–H and O–H groups in total. The van der Waals surface area contributed by atoms with E-state index in [4.69, 9.17) is 10.8 Å². The fourth-order valence-corrected chi connectivity index (χ4v) is 1.47. The van der Waals surface area contributed by atoms with Gasteiger partial charge < -0.3 is 16.2 Å². The van der Waals surface area contributed by atoms with Gasteiger partial charge in [-0.3, -0.25) is 4.79 Å². The number of hydrogen-bond donors (Lipinski definition) is 3. The maximum Gasteiger partial charge on any atom is 0.220 e. The highest BCUT2D eigenvalue weighted by Crippen LogP contribution is 2.14. The molecule has 4 nitrogen and oxygen atoms in total. The minimum Gasteiger partial charge on any atom is -0.392 e. The number of amides is 1. The van der Waals surface area contributed by atoms with Crippen LogP contribution in [0.15, 0.2) is 0 Å².